The van der Waals surface area contributed by atoms with Gasteiger partial charge in [-0.25, -0.2) is 4.98 Å². The lowest BCUT2D eigenvalue weighted by molar-refractivity contribution is 0.280. The summed E-state index contributed by atoms with van der Waals surface area (Å²) in [6.45, 7) is 4.77. The summed E-state index contributed by atoms with van der Waals surface area (Å²) in [5, 5.41) is 2.43. The van der Waals surface area contributed by atoms with E-state index in [4.69, 9.17) is 14.5 Å². The fraction of sp³-hybridized carbons (Fsp3) is 0.190. The maximum atomic E-state index is 6.00. The van der Waals surface area contributed by atoms with Gasteiger partial charge in [-0.05, 0) is 49.7 Å². The minimum atomic E-state index is 0.504. The molecule has 2 aromatic carbocycles. The standard InChI is InChI=1S/C21H18N2O2/c1-11-12(2)22-17-8-7-16-15(19(11)17)9-13-10-25-21-14(20(13)23-16)5-4-6-18(21)24-3/h4-9,22H,10H2,1-3H3. The smallest absolute Gasteiger partial charge is 0.171 e. The van der Waals surface area contributed by atoms with E-state index in [-0.39, 0.29) is 0 Å². The summed E-state index contributed by atoms with van der Waals surface area (Å²) in [6.07, 6.45) is 0. The number of rotatable bonds is 1. The van der Waals surface area contributed by atoms with Crippen LogP contribution in [0.2, 0.25) is 0 Å². The van der Waals surface area contributed by atoms with E-state index in [1.54, 1.807) is 7.11 Å². The molecule has 4 nitrogen and oxygen atoms in total. The number of nitrogens with one attached hydrogen (secondary N) is 1. The third-order valence-corrected chi connectivity index (χ3v) is 5.16. The highest BCUT2D eigenvalue weighted by atomic mass is 16.5. The third kappa shape index (κ3) is 1.91. The Kier molecular flexibility index (Phi) is 2.86. The van der Waals surface area contributed by atoms with Gasteiger partial charge in [-0.1, -0.05) is 6.07 Å². The van der Waals surface area contributed by atoms with Crippen LogP contribution < -0.4 is 9.47 Å². The molecule has 0 amide bonds. The SMILES string of the molecule is COc1cccc2c1OCc1cc3c(ccc4[nH]c(C)c(C)c43)nc1-2. The van der Waals surface area contributed by atoms with Gasteiger partial charge in [-0.3, -0.25) is 0 Å². The van der Waals surface area contributed by atoms with Crippen LogP contribution in [0.3, 0.4) is 0 Å². The number of fused-ring (bicyclic) bond motifs is 6. The number of hydrogen-bond acceptors (Lipinski definition) is 3. The monoisotopic (exact) mass is 330 g/mol. The van der Waals surface area contributed by atoms with Crippen molar-refractivity contribution >= 4 is 21.8 Å². The number of H-pyrrole nitrogens is 1. The Morgan fingerprint density at radius 1 is 1.16 bits per heavy atom. The average Bonchev–Trinajstić information content (AvgIpc) is 2.94. The predicted octanol–water partition coefficient (Wildman–Crippen LogP) is 4.90. The van der Waals surface area contributed by atoms with Gasteiger partial charge in [0, 0.05) is 33.1 Å². The molecule has 0 bridgehead atoms. The van der Waals surface area contributed by atoms with Crippen molar-refractivity contribution in [2.24, 2.45) is 0 Å². The molecule has 124 valence electrons. The molecule has 0 fully saturated rings. The Morgan fingerprint density at radius 3 is 2.88 bits per heavy atom. The third-order valence-electron chi connectivity index (χ3n) is 5.16. The molecule has 0 radical (unpaired) electrons. The summed E-state index contributed by atoms with van der Waals surface area (Å²) in [7, 11) is 1.66. The van der Waals surface area contributed by atoms with Crippen molar-refractivity contribution in [3.05, 3.63) is 53.2 Å². The predicted molar refractivity (Wildman–Crippen MR) is 99.4 cm³/mol. The summed E-state index contributed by atoms with van der Waals surface area (Å²) in [5.41, 5.74) is 7.72. The number of hydrogen-bond donors (Lipinski definition) is 1. The van der Waals surface area contributed by atoms with Gasteiger partial charge in [0.15, 0.2) is 11.5 Å². The van der Waals surface area contributed by atoms with Crippen molar-refractivity contribution in [2.75, 3.05) is 7.11 Å². The lowest BCUT2D eigenvalue weighted by Crippen LogP contribution is -2.08. The zero-order valence-corrected chi connectivity index (χ0v) is 14.4. The second kappa shape index (κ2) is 4.99. The van der Waals surface area contributed by atoms with Gasteiger partial charge in [0.25, 0.3) is 0 Å². The van der Waals surface area contributed by atoms with Gasteiger partial charge in [0.1, 0.15) is 6.61 Å². The molecule has 0 unspecified atom stereocenters. The van der Waals surface area contributed by atoms with E-state index in [0.29, 0.717) is 6.61 Å². The van der Waals surface area contributed by atoms with Crippen LogP contribution in [-0.2, 0) is 6.61 Å². The highest BCUT2D eigenvalue weighted by Crippen LogP contribution is 2.43. The van der Waals surface area contributed by atoms with Gasteiger partial charge in [0.05, 0.1) is 18.3 Å². The number of nitrogens with zero attached hydrogens (tertiary/aromatic N) is 1. The molecular formula is C21H18N2O2. The van der Waals surface area contributed by atoms with Crippen LogP contribution in [0.25, 0.3) is 33.1 Å². The summed E-state index contributed by atoms with van der Waals surface area (Å²) < 4.78 is 11.4. The normalized spacial score (nSPS) is 12.8. The Hall–Kier alpha value is -3.01. The highest BCUT2D eigenvalue weighted by molar-refractivity contribution is 6.08. The van der Waals surface area contributed by atoms with Crippen LogP contribution in [0.5, 0.6) is 11.5 Å². The maximum absolute atomic E-state index is 6.00. The van der Waals surface area contributed by atoms with E-state index in [1.807, 2.05) is 18.2 Å². The van der Waals surface area contributed by atoms with Gasteiger partial charge in [0.2, 0.25) is 0 Å². The quantitative estimate of drug-likeness (QED) is 0.540. The van der Waals surface area contributed by atoms with Crippen molar-refractivity contribution in [1.82, 2.24) is 9.97 Å². The number of aryl methyl sites for hydroxylation is 2. The fourth-order valence-corrected chi connectivity index (χ4v) is 3.78. The number of benzene rings is 2. The van der Waals surface area contributed by atoms with Gasteiger partial charge in [-0.15, -0.1) is 0 Å². The first kappa shape index (κ1) is 14.3. The molecule has 1 aliphatic heterocycles. The zero-order chi connectivity index (χ0) is 17.1. The summed E-state index contributed by atoms with van der Waals surface area (Å²) in [4.78, 5) is 8.44. The molecule has 1 N–H and O–H groups in total. The second-order valence-electron chi connectivity index (χ2n) is 6.55. The Morgan fingerprint density at radius 2 is 2.04 bits per heavy atom. The highest BCUT2D eigenvalue weighted by Gasteiger charge is 2.23. The average molecular weight is 330 g/mol. The first-order chi connectivity index (χ1) is 12.2. The zero-order valence-electron chi connectivity index (χ0n) is 14.4. The minimum absolute atomic E-state index is 0.504. The topological polar surface area (TPSA) is 47.1 Å². The van der Waals surface area contributed by atoms with E-state index in [9.17, 15) is 0 Å². The fourth-order valence-electron chi connectivity index (χ4n) is 3.78. The van der Waals surface area contributed by atoms with Gasteiger partial charge >= 0.3 is 0 Å². The summed E-state index contributed by atoms with van der Waals surface area (Å²) in [5.74, 6) is 1.52. The summed E-state index contributed by atoms with van der Waals surface area (Å²) >= 11 is 0. The number of para-hydroxylation sites is 1. The Balaban J connectivity index is 1.84. The molecule has 2 aromatic heterocycles. The van der Waals surface area contributed by atoms with Crippen molar-refractivity contribution in [3.63, 3.8) is 0 Å². The number of aromatic nitrogens is 2. The van der Waals surface area contributed by atoms with Crippen LogP contribution in [0.1, 0.15) is 16.8 Å². The van der Waals surface area contributed by atoms with Gasteiger partial charge in [-0.2, -0.15) is 0 Å². The van der Waals surface area contributed by atoms with E-state index in [1.165, 1.54) is 22.0 Å². The van der Waals surface area contributed by atoms with E-state index in [0.717, 1.165) is 39.4 Å². The Bertz CT molecular complexity index is 1160. The van der Waals surface area contributed by atoms with Crippen molar-refractivity contribution in [2.45, 2.75) is 20.5 Å². The molecule has 0 atom stereocenters. The molecule has 0 aliphatic carbocycles. The maximum Gasteiger partial charge on any atom is 0.171 e. The molecule has 1 aliphatic rings. The van der Waals surface area contributed by atoms with Crippen LogP contribution in [-0.4, -0.2) is 17.1 Å². The van der Waals surface area contributed by atoms with Crippen molar-refractivity contribution < 1.29 is 9.47 Å². The molecule has 5 rings (SSSR count). The van der Waals surface area contributed by atoms with E-state index in [2.05, 4.69) is 37.0 Å². The second-order valence-corrected chi connectivity index (χ2v) is 6.55. The number of methoxy groups -OCH3 is 1. The van der Waals surface area contributed by atoms with Crippen LogP contribution in [0, 0.1) is 13.8 Å². The lowest BCUT2D eigenvalue weighted by Gasteiger charge is -2.22. The van der Waals surface area contributed by atoms with Crippen LogP contribution >= 0.6 is 0 Å². The van der Waals surface area contributed by atoms with Crippen molar-refractivity contribution in [1.29, 1.82) is 0 Å². The molecule has 0 spiro atoms. The van der Waals surface area contributed by atoms with E-state index >= 15 is 0 Å². The molecule has 4 heteroatoms. The molecule has 25 heavy (non-hydrogen) atoms. The lowest BCUT2D eigenvalue weighted by atomic mass is 9.98. The van der Waals surface area contributed by atoms with E-state index < -0.39 is 0 Å². The van der Waals surface area contributed by atoms with Crippen LogP contribution in [0.4, 0.5) is 0 Å². The number of pyridine rings is 1. The van der Waals surface area contributed by atoms with Crippen molar-refractivity contribution in [3.8, 4) is 22.8 Å². The summed E-state index contributed by atoms with van der Waals surface area (Å²) in [6, 6.07) is 12.4. The molecule has 0 saturated carbocycles. The first-order valence-electron chi connectivity index (χ1n) is 8.39. The number of ether oxygens (including phenoxy) is 2. The number of aromatic amines is 1. The minimum Gasteiger partial charge on any atom is -0.493 e. The first-order valence-corrected chi connectivity index (χ1v) is 8.39. The molecule has 4 aromatic rings. The molecule has 0 saturated heterocycles. The van der Waals surface area contributed by atoms with Gasteiger partial charge < -0.3 is 14.5 Å². The molecule has 3 heterocycles. The molecular weight excluding hydrogens is 312 g/mol. The Labute approximate surface area is 145 Å². The van der Waals surface area contributed by atoms with Crippen LogP contribution in [0.15, 0.2) is 36.4 Å². The largest absolute Gasteiger partial charge is 0.493 e.